The molecule has 1 unspecified atom stereocenters. The quantitative estimate of drug-likeness (QED) is 0.816. The van der Waals surface area contributed by atoms with Gasteiger partial charge in [0.25, 0.3) is 0 Å². The first-order valence-corrected chi connectivity index (χ1v) is 7.26. The summed E-state index contributed by atoms with van der Waals surface area (Å²) in [6.07, 6.45) is 0.325. The third-order valence-electron chi connectivity index (χ3n) is 2.15. The molecule has 3 N–H and O–H groups in total. The third-order valence-corrected chi connectivity index (χ3v) is 4.67. The van der Waals surface area contributed by atoms with Crippen LogP contribution in [-0.4, -0.2) is 18.7 Å². The van der Waals surface area contributed by atoms with Crippen LogP contribution >= 0.6 is 23.8 Å². The Kier molecular flexibility index (Phi) is 4.73. The van der Waals surface area contributed by atoms with E-state index < -0.39 is 15.3 Å². The van der Waals surface area contributed by atoms with Gasteiger partial charge in [0.15, 0.2) is 0 Å². The van der Waals surface area contributed by atoms with Crippen LogP contribution in [0.15, 0.2) is 24.3 Å². The van der Waals surface area contributed by atoms with Crippen molar-refractivity contribution in [3.63, 3.8) is 0 Å². The largest absolute Gasteiger partial charge is 0.392 e. The molecule has 1 aromatic rings. The molecular formula is C10H13ClN2O2S2. The second-order valence-electron chi connectivity index (χ2n) is 3.46. The Hall–Kier alpha value is -0.850. The van der Waals surface area contributed by atoms with Gasteiger partial charge in [-0.05, 0) is 24.6 Å². The lowest BCUT2D eigenvalue weighted by atomic mass is 10.3. The molecular weight excluding hydrogens is 280 g/mol. The van der Waals surface area contributed by atoms with Crippen molar-refractivity contribution in [1.82, 2.24) is 0 Å². The molecule has 0 saturated heterocycles. The van der Waals surface area contributed by atoms with Gasteiger partial charge in [0.1, 0.15) is 5.25 Å². The van der Waals surface area contributed by atoms with E-state index in [0.29, 0.717) is 17.1 Å². The number of nitrogens with two attached hydrogens (primary N) is 1. The number of halogens is 1. The van der Waals surface area contributed by atoms with E-state index in [9.17, 15) is 8.42 Å². The Morgan fingerprint density at radius 2 is 2.24 bits per heavy atom. The van der Waals surface area contributed by atoms with Crippen LogP contribution in [0.3, 0.4) is 0 Å². The van der Waals surface area contributed by atoms with E-state index in [1.165, 1.54) is 6.07 Å². The van der Waals surface area contributed by atoms with Gasteiger partial charge in [-0.1, -0.05) is 36.8 Å². The Balaban J connectivity index is 2.97. The third kappa shape index (κ3) is 3.83. The van der Waals surface area contributed by atoms with E-state index in [0.717, 1.165) is 0 Å². The van der Waals surface area contributed by atoms with Crippen LogP contribution in [0.5, 0.6) is 0 Å². The maximum atomic E-state index is 12.0. The zero-order valence-corrected chi connectivity index (χ0v) is 11.6. The lowest BCUT2D eigenvalue weighted by molar-refractivity contribution is 0.594. The maximum absolute atomic E-state index is 12.0. The second kappa shape index (κ2) is 5.66. The summed E-state index contributed by atoms with van der Waals surface area (Å²) in [5, 5.41) is -0.426. The van der Waals surface area contributed by atoms with E-state index >= 15 is 0 Å². The number of rotatable bonds is 5. The zero-order chi connectivity index (χ0) is 13.1. The van der Waals surface area contributed by atoms with Crippen LogP contribution in [0.1, 0.15) is 13.3 Å². The Bertz CT molecular complexity index is 517. The predicted molar refractivity (Wildman–Crippen MR) is 74.9 cm³/mol. The fraction of sp³-hybridized carbons (Fsp3) is 0.300. The van der Waals surface area contributed by atoms with Crippen molar-refractivity contribution in [3.05, 3.63) is 29.3 Å². The standard InChI is InChI=1S/C10H13ClN2O2S2/c1-2-9(10(12)16)17(14,15)13-8-5-3-4-7(11)6-8/h3-6,9,13H,2H2,1H3,(H2,12,16). The summed E-state index contributed by atoms with van der Waals surface area (Å²) in [4.78, 5) is -0.0398. The number of nitrogens with one attached hydrogen (secondary N) is 1. The van der Waals surface area contributed by atoms with E-state index in [4.69, 9.17) is 29.6 Å². The highest BCUT2D eigenvalue weighted by atomic mass is 35.5. The number of benzene rings is 1. The first kappa shape index (κ1) is 14.2. The summed E-state index contributed by atoms with van der Waals surface area (Å²) < 4.78 is 26.3. The van der Waals surface area contributed by atoms with Crippen molar-refractivity contribution in [2.45, 2.75) is 18.6 Å². The molecule has 1 rings (SSSR count). The summed E-state index contributed by atoms with van der Waals surface area (Å²) in [6.45, 7) is 1.71. The Morgan fingerprint density at radius 3 is 2.71 bits per heavy atom. The number of thiocarbonyl (C=S) groups is 1. The van der Waals surface area contributed by atoms with Gasteiger partial charge >= 0.3 is 0 Å². The summed E-state index contributed by atoms with van der Waals surface area (Å²) >= 11 is 10.5. The highest BCUT2D eigenvalue weighted by Crippen LogP contribution is 2.18. The number of anilines is 1. The molecule has 0 aliphatic rings. The Morgan fingerprint density at radius 1 is 1.59 bits per heavy atom. The van der Waals surface area contributed by atoms with Crippen LogP contribution in [0.25, 0.3) is 0 Å². The monoisotopic (exact) mass is 292 g/mol. The first-order valence-electron chi connectivity index (χ1n) is 4.93. The molecule has 7 heteroatoms. The highest BCUT2D eigenvalue weighted by molar-refractivity contribution is 7.95. The van der Waals surface area contributed by atoms with Crippen molar-refractivity contribution >= 4 is 44.5 Å². The van der Waals surface area contributed by atoms with Crippen LogP contribution in [0, 0.1) is 0 Å². The fourth-order valence-corrected chi connectivity index (χ4v) is 3.44. The Labute approximate surface area is 111 Å². The number of sulfonamides is 1. The molecule has 0 aliphatic heterocycles. The average Bonchev–Trinajstić information content (AvgIpc) is 2.16. The van der Waals surface area contributed by atoms with Gasteiger partial charge in [-0.3, -0.25) is 4.72 Å². The molecule has 0 radical (unpaired) electrons. The van der Waals surface area contributed by atoms with Gasteiger partial charge in [-0.25, -0.2) is 8.42 Å². The fourth-order valence-electron chi connectivity index (χ4n) is 1.36. The van der Waals surface area contributed by atoms with Crippen LogP contribution in [-0.2, 0) is 10.0 Å². The zero-order valence-electron chi connectivity index (χ0n) is 9.18. The molecule has 0 aromatic heterocycles. The van der Waals surface area contributed by atoms with E-state index in [2.05, 4.69) is 4.72 Å². The van der Waals surface area contributed by atoms with Gasteiger partial charge in [0.05, 0.1) is 4.99 Å². The average molecular weight is 293 g/mol. The van der Waals surface area contributed by atoms with Gasteiger partial charge in [0, 0.05) is 10.7 Å². The van der Waals surface area contributed by atoms with Crippen LogP contribution < -0.4 is 10.5 Å². The second-order valence-corrected chi connectivity index (χ2v) is 6.23. The van der Waals surface area contributed by atoms with Crippen molar-refractivity contribution in [1.29, 1.82) is 0 Å². The summed E-state index contributed by atoms with van der Waals surface area (Å²) in [6, 6.07) is 6.44. The molecule has 94 valence electrons. The molecule has 0 spiro atoms. The summed E-state index contributed by atoms with van der Waals surface area (Å²) in [5.74, 6) is 0. The number of hydrogen-bond acceptors (Lipinski definition) is 3. The molecule has 4 nitrogen and oxygen atoms in total. The first-order chi connectivity index (χ1) is 7.86. The molecule has 0 bridgehead atoms. The van der Waals surface area contributed by atoms with Gasteiger partial charge < -0.3 is 5.73 Å². The smallest absolute Gasteiger partial charge is 0.242 e. The van der Waals surface area contributed by atoms with E-state index in [-0.39, 0.29) is 4.99 Å². The summed E-state index contributed by atoms with van der Waals surface area (Å²) in [7, 11) is -3.62. The SMILES string of the molecule is CCC(C(N)=S)S(=O)(=O)Nc1cccc(Cl)c1. The molecule has 0 amide bonds. The molecule has 17 heavy (non-hydrogen) atoms. The molecule has 1 aromatic carbocycles. The topological polar surface area (TPSA) is 72.2 Å². The van der Waals surface area contributed by atoms with Crippen molar-refractivity contribution < 1.29 is 8.42 Å². The minimum Gasteiger partial charge on any atom is -0.392 e. The molecule has 0 aliphatic carbocycles. The molecule has 1 atom stereocenters. The predicted octanol–water partition coefficient (Wildman–Crippen LogP) is 2.15. The minimum atomic E-state index is -3.62. The maximum Gasteiger partial charge on any atom is 0.242 e. The van der Waals surface area contributed by atoms with Crippen molar-refractivity contribution in [2.24, 2.45) is 5.73 Å². The van der Waals surface area contributed by atoms with Crippen LogP contribution in [0.4, 0.5) is 5.69 Å². The highest BCUT2D eigenvalue weighted by Gasteiger charge is 2.26. The van der Waals surface area contributed by atoms with Crippen LogP contribution in [0.2, 0.25) is 5.02 Å². The molecule has 0 fully saturated rings. The normalized spacial score (nSPS) is 13.1. The summed E-state index contributed by atoms with van der Waals surface area (Å²) in [5.41, 5.74) is 5.80. The number of hydrogen-bond donors (Lipinski definition) is 2. The van der Waals surface area contributed by atoms with E-state index in [1.54, 1.807) is 25.1 Å². The van der Waals surface area contributed by atoms with Gasteiger partial charge in [-0.15, -0.1) is 0 Å². The van der Waals surface area contributed by atoms with Gasteiger partial charge in [0.2, 0.25) is 10.0 Å². The van der Waals surface area contributed by atoms with Crippen molar-refractivity contribution in [2.75, 3.05) is 4.72 Å². The van der Waals surface area contributed by atoms with E-state index in [1.807, 2.05) is 0 Å². The molecule has 0 saturated carbocycles. The lowest BCUT2D eigenvalue weighted by Crippen LogP contribution is -2.37. The molecule has 0 heterocycles. The minimum absolute atomic E-state index is 0.0398. The lowest BCUT2D eigenvalue weighted by Gasteiger charge is -2.16. The van der Waals surface area contributed by atoms with Gasteiger partial charge in [-0.2, -0.15) is 0 Å². The van der Waals surface area contributed by atoms with Crippen molar-refractivity contribution in [3.8, 4) is 0 Å².